The number of carboxylic acid groups (broad SMARTS) is 1. The van der Waals surface area contributed by atoms with E-state index in [1.807, 2.05) is 12.1 Å². The van der Waals surface area contributed by atoms with E-state index in [0.717, 1.165) is 18.6 Å². The van der Waals surface area contributed by atoms with E-state index < -0.39 is 17.7 Å². The smallest absolute Gasteiger partial charge is 0.335 e. The van der Waals surface area contributed by atoms with Crippen LogP contribution in [0.1, 0.15) is 76.7 Å². The van der Waals surface area contributed by atoms with Crippen LogP contribution in [0, 0.1) is 11.8 Å². The number of furan rings is 1. The Morgan fingerprint density at radius 2 is 2.04 bits per heavy atom. The van der Waals surface area contributed by atoms with Gasteiger partial charge in [-0.25, -0.2) is 4.79 Å². The van der Waals surface area contributed by atoms with Gasteiger partial charge in [-0.1, -0.05) is 37.8 Å². The molecule has 0 amide bonds. The maximum atomic E-state index is 10.8. The molecular weight excluding hydrogens is 344 g/mol. The fraction of sp³-hybridized carbons (Fsp3) is 0.591. The van der Waals surface area contributed by atoms with Crippen LogP contribution in [0.3, 0.4) is 0 Å². The lowest BCUT2D eigenvalue weighted by molar-refractivity contribution is -0.157. The molecule has 27 heavy (non-hydrogen) atoms. The number of aryl methyl sites for hydroxylation is 1. The first-order chi connectivity index (χ1) is 12.8. The van der Waals surface area contributed by atoms with Crippen molar-refractivity contribution in [2.45, 2.75) is 83.3 Å². The van der Waals surface area contributed by atoms with Crippen LogP contribution >= 0.6 is 0 Å². The normalized spacial score (nSPS) is 14.5. The molecule has 150 valence electrons. The summed E-state index contributed by atoms with van der Waals surface area (Å²) in [6.07, 6.45) is 10.7. The fourth-order valence-electron chi connectivity index (χ4n) is 2.52. The van der Waals surface area contributed by atoms with Crippen molar-refractivity contribution >= 4 is 5.97 Å². The lowest BCUT2D eigenvalue weighted by Crippen LogP contribution is -2.34. The Morgan fingerprint density at radius 3 is 2.74 bits per heavy atom. The lowest BCUT2D eigenvalue weighted by Gasteiger charge is -2.16. The minimum Gasteiger partial charge on any atom is -0.479 e. The van der Waals surface area contributed by atoms with Crippen molar-refractivity contribution in [2.75, 3.05) is 0 Å². The van der Waals surface area contributed by atoms with Crippen molar-refractivity contribution < 1.29 is 24.5 Å². The second-order valence-electron chi connectivity index (χ2n) is 7.04. The molecule has 2 atom stereocenters. The molecule has 0 radical (unpaired) electrons. The quantitative estimate of drug-likeness (QED) is 0.291. The van der Waals surface area contributed by atoms with Gasteiger partial charge >= 0.3 is 5.97 Å². The fourth-order valence-corrected chi connectivity index (χ4v) is 2.52. The molecule has 0 fully saturated rings. The summed E-state index contributed by atoms with van der Waals surface area (Å²) in [7, 11) is 0. The van der Waals surface area contributed by atoms with Crippen LogP contribution in [0.4, 0.5) is 0 Å². The number of carboxylic acids is 1. The van der Waals surface area contributed by atoms with E-state index in [0.29, 0.717) is 25.0 Å². The monoisotopic (exact) mass is 376 g/mol. The minimum absolute atomic E-state index is 0.202. The Morgan fingerprint density at radius 1 is 1.26 bits per heavy atom. The van der Waals surface area contributed by atoms with Crippen LogP contribution in [0.15, 0.2) is 28.7 Å². The van der Waals surface area contributed by atoms with Crippen molar-refractivity contribution in [3.05, 3.63) is 35.8 Å². The van der Waals surface area contributed by atoms with Gasteiger partial charge in [0.15, 0.2) is 11.4 Å². The zero-order valence-electron chi connectivity index (χ0n) is 16.4. The van der Waals surface area contributed by atoms with Gasteiger partial charge in [0.1, 0.15) is 11.9 Å². The number of aliphatic hydroxyl groups excluding tert-OH is 1. The summed E-state index contributed by atoms with van der Waals surface area (Å²) in [6, 6.07) is 3.60. The van der Waals surface area contributed by atoms with Crippen molar-refractivity contribution in [1.29, 1.82) is 0 Å². The molecule has 0 saturated heterocycles. The SMILES string of the molecule is CCCCCC=CCC(O)C#Cc1ccc(CCCCC(C)(O)C(=O)O)o1. The average Bonchev–Trinajstić information content (AvgIpc) is 3.07. The molecule has 1 aromatic heterocycles. The highest BCUT2D eigenvalue weighted by molar-refractivity contribution is 5.76. The molecule has 1 aromatic rings. The molecule has 0 spiro atoms. The third-order valence-electron chi connectivity index (χ3n) is 4.32. The first-order valence-corrected chi connectivity index (χ1v) is 9.74. The predicted octanol–water partition coefficient (Wildman–Crippen LogP) is 4.07. The Kier molecular flexibility index (Phi) is 10.5. The highest BCUT2D eigenvalue weighted by Gasteiger charge is 2.28. The number of rotatable bonds is 12. The van der Waals surface area contributed by atoms with E-state index in [4.69, 9.17) is 9.52 Å². The van der Waals surface area contributed by atoms with Gasteiger partial charge in [-0.3, -0.25) is 0 Å². The summed E-state index contributed by atoms with van der Waals surface area (Å²) in [5.74, 6) is 5.68. The molecule has 0 aliphatic rings. The van der Waals surface area contributed by atoms with Crippen LogP contribution in [0.2, 0.25) is 0 Å². The molecule has 0 saturated carbocycles. The van der Waals surface area contributed by atoms with E-state index in [1.165, 1.54) is 26.2 Å². The number of unbranched alkanes of at least 4 members (excludes halogenated alkanes) is 4. The van der Waals surface area contributed by atoms with Crippen molar-refractivity contribution in [1.82, 2.24) is 0 Å². The van der Waals surface area contributed by atoms with E-state index in [-0.39, 0.29) is 6.42 Å². The summed E-state index contributed by atoms with van der Waals surface area (Å²) in [5, 5.41) is 28.4. The van der Waals surface area contributed by atoms with Crippen LogP contribution in [0.25, 0.3) is 0 Å². The van der Waals surface area contributed by atoms with E-state index in [1.54, 1.807) is 6.07 Å². The predicted molar refractivity (Wildman–Crippen MR) is 105 cm³/mol. The minimum atomic E-state index is -1.68. The van der Waals surface area contributed by atoms with E-state index in [2.05, 4.69) is 24.8 Å². The number of aliphatic hydroxyl groups is 2. The van der Waals surface area contributed by atoms with Gasteiger partial charge in [0.2, 0.25) is 0 Å². The molecule has 5 nitrogen and oxygen atoms in total. The third-order valence-corrected chi connectivity index (χ3v) is 4.32. The number of allylic oxidation sites excluding steroid dienone is 1. The maximum absolute atomic E-state index is 10.8. The van der Waals surface area contributed by atoms with Gasteiger partial charge in [-0.05, 0) is 57.1 Å². The lowest BCUT2D eigenvalue weighted by atomic mass is 9.98. The molecule has 3 N–H and O–H groups in total. The van der Waals surface area contributed by atoms with Crippen LogP contribution < -0.4 is 0 Å². The molecule has 0 bridgehead atoms. The summed E-state index contributed by atoms with van der Waals surface area (Å²) in [6.45, 7) is 3.48. The summed E-state index contributed by atoms with van der Waals surface area (Å²) in [5.41, 5.74) is -1.68. The molecule has 1 heterocycles. The molecule has 0 aromatic carbocycles. The number of aliphatic carboxylic acids is 1. The highest BCUT2D eigenvalue weighted by Crippen LogP contribution is 2.16. The van der Waals surface area contributed by atoms with Crippen molar-refractivity contribution in [3.8, 4) is 11.8 Å². The number of carbonyl (C=O) groups is 1. The van der Waals surface area contributed by atoms with Gasteiger partial charge in [-0.15, -0.1) is 0 Å². The maximum Gasteiger partial charge on any atom is 0.335 e. The Hall–Kier alpha value is -2.03. The first-order valence-electron chi connectivity index (χ1n) is 9.74. The summed E-state index contributed by atoms with van der Waals surface area (Å²) >= 11 is 0. The molecule has 0 aliphatic carbocycles. The molecule has 0 aliphatic heterocycles. The molecular formula is C22H32O5. The van der Waals surface area contributed by atoms with Crippen molar-refractivity contribution in [3.63, 3.8) is 0 Å². The second-order valence-corrected chi connectivity index (χ2v) is 7.04. The molecule has 2 unspecified atom stereocenters. The van der Waals surface area contributed by atoms with E-state index >= 15 is 0 Å². The number of hydrogen-bond acceptors (Lipinski definition) is 4. The zero-order valence-corrected chi connectivity index (χ0v) is 16.4. The van der Waals surface area contributed by atoms with Gasteiger partial charge < -0.3 is 19.7 Å². The molecule has 1 rings (SSSR count). The van der Waals surface area contributed by atoms with Gasteiger partial charge in [0.05, 0.1) is 0 Å². The Labute approximate surface area is 162 Å². The topological polar surface area (TPSA) is 90.9 Å². The van der Waals surface area contributed by atoms with Crippen LogP contribution in [0.5, 0.6) is 0 Å². The largest absolute Gasteiger partial charge is 0.479 e. The van der Waals surface area contributed by atoms with Gasteiger partial charge in [-0.2, -0.15) is 0 Å². The van der Waals surface area contributed by atoms with Crippen molar-refractivity contribution in [2.24, 2.45) is 0 Å². The summed E-state index contributed by atoms with van der Waals surface area (Å²) in [4.78, 5) is 10.8. The highest BCUT2D eigenvalue weighted by atomic mass is 16.4. The zero-order chi connectivity index (χ0) is 20.1. The Balaban J connectivity index is 2.32. The first kappa shape index (κ1) is 23.0. The average molecular weight is 376 g/mol. The third kappa shape index (κ3) is 10.0. The van der Waals surface area contributed by atoms with Crippen LogP contribution in [-0.4, -0.2) is 33.0 Å². The van der Waals surface area contributed by atoms with Gasteiger partial charge in [0, 0.05) is 12.8 Å². The number of hydrogen-bond donors (Lipinski definition) is 3. The van der Waals surface area contributed by atoms with Crippen LogP contribution in [-0.2, 0) is 11.2 Å². The Bertz CT molecular complexity index is 645. The summed E-state index contributed by atoms with van der Waals surface area (Å²) < 4.78 is 5.60. The van der Waals surface area contributed by atoms with Gasteiger partial charge in [0.25, 0.3) is 0 Å². The second kappa shape index (κ2) is 12.4. The molecule has 5 heteroatoms. The van der Waals surface area contributed by atoms with E-state index in [9.17, 15) is 15.0 Å². The standard InChI is InChI=1S/C22H32O5/c1-3-4-5-6-7-8-11-18(23)13-14-20-16-15-19(27-20)12-9-10-17-22(2,26)21(24)25/h7-8,15-16,18,23,26H,3-6,9-12,17H2,1-2H3,(H,24,25).